The molecule has 0 saturated carbocycles. The lowest BCUT2D eigenvalue weighted by Crippen LogP contribution is -2.56. The Bertz CT molecular complexity index is 1410. The maximum Gasteiger partial charge on any atom is 0.243 e. The minimum Gasteiger partial charge on any atom is -0.384 e. The van der Waals surface area contributed by atoms with E-state index < -0.39 is 60.4 Å². The number of hydrazine groups is 1. The minimum absolute atomic E-state index is 0.0353. The molecule has 0 saturated heterocycles. The van der Waals surface area contributed by atoms with Crippen LogP contribution in [0.3, 0.4) is 0 Å². The Labute approximate surface area is 310 Å². The van der Waals surface area contributed by atoms with E-state index in [-0.39, 0.29) is 38.1 Å². The molecule has 2 amide bonds. The van der Waals surface area contributed by atoms with E-state index >= 15 is 0 Å². The van der Waals surface area contributed by atoms with Crippen LogP contribution in [-0.4, -0.2) is 85.8 Å². The van der Waals surface area contributed by atoms with E-state index in [2.05, 4.69) is 37.4 Å². The summed E-state index contributed by atoms with van der Waals surface area (Å²) >= 11 is 0. The number of benzene rings is 2. The van der Waals surface area contributed by atoms with Crippen LogP contribution in [0.1, 0.15) is 55.2 Å². The molecule has 19 heteroatoms. The number of carbonyl (C=O) groups excluding carboxylic acids is 4. The van der Waals surface area contributed by atoms with Crippen molar-refractivity contribution >= 4 is 29.2 Å². The SMILES string of the molecule is N=C(N)c1ccc(CNN[C@@H](CCCNC(N)N)C(=O)C(=O)[C@H](CCCNC(N)N)NC(=O)[C@H](CCCNC(N)N)NC(=O)Cc2ccccc2)cc1. The highest BCUT2D eigenvalue weighted by molar-refractivity contribution is 6.41. The van der Waals surface area contributed by atoms with Gasteiger partial charge in [0.1, 0.15) is 30.7 Å². The van der Waals surface area contributed by atoms with Gasteiger partial charge in [0.15, 0.2) is 0 Å². The monoisotopic (exact) mass is 741 g/mol. The lowest BCUT2D eigenvalue weighted by atomic mass is 9.96. The Morgan fingerprint density at radius 3 is 1.60 bits per heavy atom. The first-order valence-electron chi connectivity index (χ1n) is 17.6. The van der Waals surface area contributed by atoms with Crippen LogP contribution in [0.2, 0.25) is 0 Å². The number of Topliss-reactive ketones (excluding diaryl/α,β-unsaturated/α-hetero) is 2. The largest absolute Gasteiger partial charge is 0.384 e. The zero-order valence-electron chi connectivity index (χ0n) is 30.1. The van der Waals surface area contributed by atoms with Crippen LogP contribution in [0, 0.1) is 5.41 Å². The molecule has 0 fully saturated rings. The standard InChI is InChI=1S/C34H59N15O4/c35-30(36)23-14-12-22(13-15-23)20-46-49-25(10-5-17-44-33(39)40)29(52)28(51)24(9-4-16-43-32(37)38)48-31(53)26(11-6-18-45-34(41)42)47-27(50)19-21-7-2-1-3-8-21/h1-3,7-8,12-15,24-26,32-34,43-46,49H,4-6,9-11,16-20,37-42H2,(H3,35,36)(H,47,50)(H,48,53)/t24-,25-,26-/m0/s1. The zero-order chi connectivity index (χ0) is 39.2. The Balaban J connectivity index is 2.24. The van der Waals surface area contributed by atoms with Crippen molar-refractivity contribution in [1.82, 2.24) is 37.4 Å². The average Bonchev–Trinajstić information content (AvgIpc) is 3.11. The fourth-order valence-electron chi connectivity index (χ4n) is 5.25. The number of nitrogens with two attached hydrogens (primary N) is 7. The molecule has 2 rings (SSSR count). The van der Waals surface area contributed by atoms with E-state index in [0.29, 0.717) is 44.5 Å². The summed E-state index contributed by atoms with van der Waals surface area (Å²) in [6.07, 6.45) is -0.595. The molecule has 294 valence electrons. The lowest BCUT2D eigenvalue weighted by Gasteiger charge is -2.25. The van der Waals surface area contributed by atoms with E-state index in [4.69, 9.17) is 45.5 Å². The molecule has 22 N–H and O–H groups in total. The summed E-state index contributed by atoms with van der Waals surface area (Å²) in [6, 6.07) is 12.8. The first-order valence-corrected chi connectivity index (χ1v) is 17.6. The third-order valence-corrected chi connectivity index (χ3v) is 8.03. The molecular weight excluding hydrogens is 682 g/mol. The first kappa shape index (κ1) is 44.9. The van der Waals surface area contributed by atoms with Gasteiger partial charge in [-0.25, -0.2) is 5.43 Å². The molecule has 0 aliphatic carbocycles. The van der Waals surface area contributed by atoms with E-state index in [9.17, 15) is 19.2 Å². The van der Waals surface area contributed by atoms with Crippen LogP contribution in [-0.2, 0) is 32.1 Å². The topological polar surface area (TPSA) is 358 Å². The maximum atomic E-state index is 13.9. The van der Waals surface area contributed by atoms with Gasteiger partial charge in [-0.15, -0.1) is 0 Å². The molecule has 0 unspecified atom stereocenters. The van der Waals surface area contributed by atoms with Crippen molar-refractivity contribution in [2.45, 2.75) is 88.5 Å². The van der Waals surface area contributed by atoms with Crippen LogP contribution in [0.4, 0.5) is 0 Å². The minimum atomic E-state index is -1.23. The van der Waals surface area contributed by atoms with E-state index in [1.54, 1.807) is 36.4 Å². The predicted octanol–water partition coefficient (Wildman–Crippen LogP) is -4.00. The van der Waals surface area contributed by atoms with E-state index in [1.165, 1.54) is 0 Å². The van der Waals surface area contributed by atoms with E-state index in [0.717, 1.165) is 11.1 Å². The average molecular weight is 742 g/mol. The van der Waals surface area contributed by atoms with Crippen LogP contribution >= 0.6 is 0 Å². The number of ketones is 2. The fourth-order valence-corrected chi connectivity index (χ4v) is 5.25. The number of carbonyl (C=O) groups is 4. The molecule has 0 aliphatic heterocycles. The highest BCUT2D eigenvalue weighted by Gasteiger charge is 2.33. The number of hydrogen-bond acceptors (Lipinski definition) is 16. The van der Waals surface area contributed by atoms with Gasteiger partial charge in [0, 0.05) is 12.1 Å². The van der Waals surface area contributed by atoms with Gasteiger partial charge >= 0.3 is 0 Å². The summed E-state index contributed by atoms with van der Waals surface area (Å²) < 4.78 is 0. The highest BCUT2D eigenvalue weighted by Crippen LogP contribution is 2.09. The van der Waals surface area contributed by atoms with E-state index in [1.807, 2.05) is 18.2 Å². The van der Waals surface area contributed by atoms with Gasteiger partial charge in [0.25, 0.3) is 0 Å². The number of nitrogen functional groups attached to an aromatic ring is 1. The van der Waals surface area contributed by atoms with Gasteiger partial charge in [-0.1, -0.05) is 54.6 Å². The lowest BCUT2D eigenvalue weighted by molar-refractivity contribution is -0.140. The second kappa shape index (κ2) is 24.9. The van der Waals surface area contributed by atoms with Crippen molar-refractivity contribution < 1.29 is 19.2 Å². The van der Waals surface area contributed by atoms with Crippen LogP contribution in [0.25, 0.3) is 0 Å². The van der Waals surface area contributed by atoms with Gasteiger partial charge in [-0.05, 0) is 69.3 Å². The number of hydrogen-bond donors (Lipinski definition) is 15. The van der Waals surface area contributed by atoms with Crippen molar-refractivity contribution in [3.8, 4) is 0 Å². The molecule has 0 spiro atoms. The molecule has 0 aliphatic rings. The second-order valence-electron chi connectivity index (χ2n) is 12.6. The van der Waals surface area contributed by atoms with Crippen molar-refractivity contribution in [2.75, 3.05) is 19.6 Å². The molecular formula is C34H59N15O4. The Morgan fingerprint density at radius 1 is 0.604 bits per heavy atom. The number of amides is 2. The Hall–Kier alpha value is -4.25. The summed E-state index contributed by atoms with van der Waals surface area (Å²) in [5, 5.41) is 21.7. The van der Waals surface area contributed by atoms with Crippen LogP contribution < -0.4 is 77.6 Å². The summed E-state index contributed by atoms with van der Waals surface area (Å²) in [6.45, 7) is 1.34. The molecule has 0 heterocycles. The van der Waals surface area contributed by atoms with Crippen LogP contribution in [0.5, 0.6) is 0 Å². The molecule has 2 aromatic rings. The maximum absolute atomic E-state index is 13.9. The first-order chi connectivity index (χ1) is 25.3. The molecule has 0 radical (unpaired) electrons. The third-order valence-electron chi connectivity index (χ3n) is 8.03. The Morgan fingerprint density at radius 2 is 1.09 bits per heavy atom. The van der Waals surface area contributed by atoms with Gasteiger partial charge in [-0.3, -0.25) is 46.0 Å². The van der Waals surface area contributed by atoms with Crippen molar-refractivity contribution in [3.05, 3.63) is 71.3 Å². The summed E-state index contributed by atoms with van der Waals surface area (Å²) in [5.41, 5.74) is 47.2. The quantitative estimate of drug-likeness (QED) is 0.00986. The molecule has 19 nitrogen and oxygen atoms in total. The van der Waals surface area contributed by atoms with Gasteiger partial charge < -0.3 is 50.8 Å². The normalized spacial score (nSPS) is 13.2. The van der Waals surface area contributed by atoms with Crippen LogP contribution in [0.15, 0.2) is 54.6 Å². The second-order valence-corrected chi connectivity index (χ2v) is 12.6. The Kier molecular flexibility index (Phi) is 21.1. The number of nitrogens with one attached hydrogen (secondary N) is 8. The smallest absolute Gasteiger partial charge is 0.243 e. The van der Waals surface area contributed by atoms with Crippen molar-refractivity contribution in [1.29, 1.82) is 5.41 Å². The highest BCUT2D eigenvalue weighted by atomic mass is 16.2. The van der Waals surface area contributed by atoms with Gasteiger partial charge in [-0.2, -0.15) is 0 Å². The summed E-state index contributed by atoms with van der Waals surface area (Å²) in [5.74, 6) is -2.67. The summed E-state index contributed by atoms with van der Waals surface area (Å²) in [7, 11) is 0. The van der Waals surface area contributed by atoms with Gasteiger partial charge in [0.05, 0.1) is 18.5 Å². The molecule has 2 aromatic carbocycles. The molecule has 0 aromatic heterocycles. The number of amidine groups is 1. The molecule has 3 atom stereocenters. The molecule has 0 bridgehead atoms. The summed E-state index contributed by atoms with van der Waals surface area (Å²) in [4.78, 5) is 54.6. The van der Waals surface area contributed by atoms with Gasteiger partial charge in [0.2, 0.25) is 23.4 Å². The molecule has 53 heavy (non-hydrogen) atoms. The third kappa shape index (κ3) is 18.9. The fraction of sp³-hybridized carbons (Fsp3) is 0.500. The van der Waals surface area contributed by atoms with Crippen molar-refractivity contribution in [2.24, 2.45) is 40.1 Å². The zero-order valence-corrected chi connectivity index (χ0v) is 30.1. The number of rotatable bonds is 28. The van der Waals surface area contributed by atoms with Crippen molar-refractivity contribution in [3.63, 3.8) is 0 Å². The predicted molar refractivity (Wildman–Crippen MR) is 203 cm³/mol.